The van der Waals surface area contributed by atoms with Crippen LogP contribution in [0.25, 0.3) is 0 Å². The molecule has 0 aromatic heterocycles. The molecule has 2 atom stereocenters. The minimum Gasteiger partial charge on any atom is -0.248 e. The molecule has 64 valence electrons. The fraction of sp³-hybridized carbons (Fsp3) is 0.889. The molecule has 0 aromatic carbocycles. The second-order valence-electron chi connectivity index (χ2n) is 3.46. The molecule has 1 heterocycles. The van der Waals surface area contributed by atoms with Gasteiger partial charge in [0.25, 0.3) is 0 Å². The largest absolute Gasteiger partial charge is 0.336 e. The Morgan fingerprint density at radius 2 is 2.18 bits per heavy atom. The zero-order chi connectivity index (χ0) is 8.43. The molecule has 0 radical (unpaired) electrons. The second kappa shape index (κ2) is 3.35. The number of nitrogens with one attached hydrogen (secondary N) is 1. The number of amidine groups is 1. The number of rotatable bonds is 2. The molecule has 2 unspecified atom stereocenters. The summed E-state index contributed by atoms with van der Waals surface area (Å²) in [6.45, 7) is 5.80. The summed E-state index contributed by atoms with van der Waals surface area (Å²) in [6, 6.07) is 0.782. The Morgan fingerprint density at radius 3 is 2.45 bits per heavy atom. The number of likely N-dealkylation sites (N-methyl/N-ethyl adjacent to an activating group) is 2. The Kier molecular flexibility index (Phi) is 2.66. The molecule has 1 N–H and O–H groups in total. The van der Waals surface area contributed by atoms with Crippen LogP contribution >= 0.6 is 0 Å². The minimum absolute atomic E-state index is 0.782. The first kappa shape index (κ1) is 8.72. The summed E-state index contributed by atoms with van der Waals surface area (Å²) >= 11 is 0. The average molecular weight is 156 g/mol. The SMILES string of the molecule is CCC1=[N+](C)C(CC)C[NH+]1C. The Morgan fingerprint density at radius 1 is 1.55 bits per heavy atom. The molecule has 0 fully saturated rings. The summed E-state index contributed by atoms with van der Waals surface area (Å²) in [5, 5.41) is 0. The molecule has 0 saturated heterocycles. The number of nitrogens with zero attached hydrogens (tertiary/aromatic N) is 1. The molecule has 0 saturated carbocycles. The summed E-state index contributed by atoms with van der Waals surface area (Å²) < 4.78 is 2.45. The third kappa shape index (κ3) is 1.45. The quantitative estimate of drug-likeness (QED) is 0.527. The van der Waals surface area contributed by atoms with Crippen molar-refractivity contribution in [3.8, 4) is 0 Å². The molecule has 1 aliphatic rings. The third-order valence-electron chi connectivity index (χ3n) is 2.81. The van der Waals surface area contributed by atoms with E-state index in [1.165, 1.54) is 19.4 Å². The Balaban J connectivity index is 2.76. The lowest BCUT2D eigenvalue weighted by molar-refractivity contribution is -0.780. The molecule has 0 amide bonds. The van der Waals surface area contributed by atoms with E-state index in [0.29, 0.717) is 0 Å². The van der Waals surface area contributed by atoms with Crippen LogP contribution in [-0.2, 0) is 0 Å². The highest BCUT2D eigenvalue weighted by Gasteiger charge is 2.36. The Bertz CT molecular complexity index is 172. The maximum atomic E-state index is 2.45. The highest BCUT2D eigenvalue weighted by Crippen LogP contribution is 1.98. The summed E-state index contributed by atoms with van der Waals surface area (Å²) in [6.07, 6.45) is 2.47. The molecule has 1 rings (SSSR count). The maximum absolute atomic E-state index is 2.45. The van der Waals surface area contributed by atoms with E-state index in [1.54, 1.807) is 10.7 Å². The van der Waals surface area contributed by atoms with Gasteiger partial charge in [0.15, 0.2) is 0 Å². The summed E-state index contributed by atoms with van der Waals surface area (Å²) in [4.78, 5) is 1.60. The van der Waals surface area contributed by atoms with Crippen molar-refractivity contribution in [1.29, 1.82) is 0 Å². The van der Waals surface area contributed by atoms with E-state index in [4.69, 9.17) is 0 Å². The van der Waals surface area contributed by atoms with Gasteiger partial charge in [-0.2, -0.15) is 4.58 Å². The van der Waals surface area contributed by atoms with E-state index in [0.717, 1.165) is 6.04 Å². The fourth-order valence-corrected chi connectivity index (χ4v) is 2.10. The van der Waals surface area contributed by atoms with Gasteiger partial charge in [0.1, 0.15) is 13.6 Å². The molecule has 11 heavy (non-hydrogen) atoms. The molecule has 0 aliphatic carbocycles. The van der Waals surface area contributed by atoms with Crippen molar-refractivity contribution in [2.75, 3.05) is 20.6 Å². The maximum Gasteiger partial charge on any atom is 0.336 e. The highest BCUT2D eigenvalue weighted by molar-refractivity contribution is 5.68. The van der Waals surface area contributed by atoms with Gasteiger partial charge in [-0.25, -0.2) is 4.90 Å². The first-order valence-electron chi connectivity index (χ1n) is 4.62. The van der Waals surface area contributed by atoms with E-state index in [9.17, 15) is 0 Å². The topological polar surface area (TPSA) is 7.45 Å². The monoisotopic (exact) mass is 156 g/mol. The van der Waals surface area contributed by atoms with Gasteiger partial charge >= 0.3 is 5.84 Å². The summed E-state index contributed by atoms with van der Waals surface area (Å²) in [5.74, 6) is 1.57. The molecule has 1 aliphatic heterocycles. The van der Waals surface area contributed by atoms with Crippen molar-refractivity contribution in [3.63, 3.8) is 0 Å². The van der Waals surface area contributed by atoms with Crippen molar-refractivity contribution in [2.24, 2.45) is 0 Å². The Labute approximate surface area is 69.5 Å². The number of hydrogen-bond acceptors (Lipinski definition) is 0. The van der Waals surface area contributed by atoms with Crippen molar-refractivity contribution in [3.05, 3.63) is 0 Å². The molecule has 0 spiro atoms. The van der Waals surface area contributed by atoms with Crippen LogP contribution in [-0.4, -0.2) is 37.1 Å². The van der Waals surface area contributed by atoms with Crippen LogP contribution in [0.3, 0.4) is 0 Å². The van der Waals surface area contributed by atoms with Crippen molar-refractivity contribution < 1.29 is 9.48 Å². The van der Waals surface area contributed by atoms with Crippen LogP contribution < -0.4 is 4.90 Å². The van der Waals surface area contributed by atoms with Gasteiger partial charge in [0.05, 0.1) is 13.5 Å². The first-order chi connectivity index (χ1) is 5.20. The van der Waals surface area contributed by atoms with Gasteiger partial charge < -0.3 is 0 Å². The molecular weight excluding hydrogens is 136 g/mol. The fourth-order valence-electron chi connectivity index (χ4n) is 2.10. The van der Waals surface area contributed by atoms with E-state index in [2.05, 4.69) is 32.5 Å². The zero-order valence-electron chi connectivity index (χ0n) is 8.15. The van der Waals surface area contributed by atoms with Gasteiger partial charge in [-0.1, -0.05) is 6.92 Å². The van der Waals surface area contributed by atoms with E-state index < -0.39 is 0 Å². The van der Waals surface area contributed by atoms with Crippen molar-refractivity contribution in [2.45, 2.75) is 32.7 Å². The second-order valence-corrected chi connectivity index (χ2v) is 3.46. The van der Waals surface area contributed by atoms with Crippen LogP contribution in [0, 0.1) is 0 Å². The van der Waals surface area contributed by atoms with Crippen molar-refractivity contribution in [1.82, 2.24) is 0 Å². The minimum atomic E-state index is 0.782. The van der Waals surface area contributed by atoms with Gasteiger partial charge in [0, 0.05) is 6.42 Å². The molecule has 0 bridgehead atoms. The predicted octanol–water partition coefficient (Wildman–Crippen LogP) is -0.256. The van der Waals surface area contributed by atoms with E-state index >= 15 is 0 Å². The summed E-state index contributed by atoms with van der Waals surface area (Å²) in [5.41, 5.74) is 0. The van der Waals surface area contributed by atoms with Gasteiger partial charge in [-0.15, -0.1) is 0 Å². The average Bonchev–Trinajstić information content (AvgIpc) is 2.26. The smallest absolute Gasteiger partial charge is 0.248 e. The van der Waals surface area contributed by atoms with Gasteiger partial charge in [0.2, 0.25) is 6.04 Å². The standard InChI is InChI=1S/C9H19N2/c1-5-8-7-10(3)9(6-2)11(8)4/h8H,5-7H2,1-4H3/q+1/p+1. The first-order valence-corrected chi connectivity index (χ1v) is 4.62. The van der Waals surface area contributed by atoms with Crippen LogP contribution in [0.1, 0.15) is 26.7 Å². The number of quaternary nitrogens is 1. The lowest BCUT2D eigenvalue weighted by atomic mass is 10.2. The van der Waals surface area contributed by atoms with Crippen LogP contribution in [0.2, 0.25) is 0 Å². The lowest BCUT2D eigenvalue weighted by Gasteiger charge is -1.99. The van der Waals surface area contributed by atoms with E-state index in [1.807, 2.05) is 0 Å². The molecular formula is C9H20N2+2. The molecule has 2 nitrogen and oxygen atoms in total. The number of hydrogen-bond donors (Lipinski definition) is 1. The van der Waals surface area contributed by atoms with Crippen LogP contribution in [0.15, 0.2) is 0 Å². The van der Waals surface area contributed by atoms with Gasteiger partial charge in [-0.05, 0) is 6.92 Å². The Hall–Kier alpha value is -0.370. The zero-order valence-corrected chi connectivity index (χ0v) is 8.15. The van der Waals surface area contributed by atoms with Crippen LogP contribution in [0.4, 0.5) is 0 Å². The van der Waals surface area contributed by atoms with Crippen molar-refractivity contribution >= 4 is 5.84 Å². The van der Waals surface area contributed by atoms with Crippen LogP contribution in [0.5, 0.6) is 0 Å². The molecule has 0 aromatic rings. The predicted molar refractivity (Wildman–Crippen MR) is 47.3 cm³/mol. The molecule has 2 heteroatoms. The van der Waals surface area contributed by atoms with E-state index in [-0.39, 0.29) is 0 Å². The highest BCUT2D eigenvalue weighted by atomic mass is 15.3. The lowest BCUT2D eigenvalue weighted by Crippen LogP contribution is -3.10. The summed E-state index contributed by atoms with van der Waals surface area (Å²) in [7, 11) is 4.49. The third-order valence-corrected chi connectivity index (χ3v) is 2.81. The van der Waals surface area contributed by atoms with Gasteiger partial charge in [-0.3, -0.25) is 0 Å². The normalized spacial score (nSPS) is 31.6.